The van der Waals surface area contributed by atoms with Crippen molar-refractivity contribution in [1.82, 2.24) is 0 Å². The van der Waals surface area contributed by atoms with Crippen molar-refractivity contribution in [1.29, 1.82) is 0 Å². The van der Waals surface area contributed by atoms with Crippen LogP contribution in [0.15, 0.2) is 12.1 Å². The van der Waals surface area contributed by atoms with E-state index in [1.807, 2.05) is 0 Å². The van der Waals surface area contributed by atoms with Crippen molar-refractivity contribution in [2.75, 3.05) is 6.61 Å². The largest absolute Gasteiger partial charge is 0.390 e. The maximum atomic E-state index is 10.6. The second kappa shape index (κ2) is 5.64. The first-order chi connectivity index (χ1) is 8.92. The minimum atomic E-state index is -0.423. The van der Waals surface area contributed by atoms with Gasteiger partial charge in [-0.3, -0.25) is 0 Å². The molecule has 0 amide bonds. The summed E-state index contributed by atoms with van der Waals surface area (Å²) in [5.41, 5.74) is 4.73. The fourth-order valence-corrected chi connectivity index (χ4v) is 3.16. The number of ether oxygens (including phenoxy) is 1. The zero-order valence-electron chi connectivity index (χ0n) is 12.6. The highest BCUT2D eigenvalue weighted by molar-refractivity contribution is 5.38. The molecule has 0 spiro atoms. The third-order valence-electron chi connectivity index (χ3n) is 4.44. The number of benzene rings is 1. The molecule has 0 saturated carbocycles. The predicted molar refractivity (Wildman–Crippen MR) is 78.6 cm³/mol. The summed E-state index contributed by atoms with van der Waals surface area (Å²) in [6, 6.07) is 4.39. The van der Waals surface area contributed by atoms with Crippen LogP contribution in [-0.2, 0) is 11.2 Å². The van der Waals surface area contributed by atoms with E-state index in [0.29, 0.717) is 6.42 Å². The van der Waals surface area contributed by atoms with Crippen LogP contribution in [0.5, 0.6) is 0 Å². The molecule has 1 N–H and O–H groups in total. The van der Waals surface area contributed by atoms with E-state index in [2.05, 4.69) is 39.8 Å². The van der Waals surface area contributed by atoms with Crippen molar-refractivity contribution in [3.8, 4) is 0 Å². The Morgan fingerprint density at radius 2 is 1.84 bits per heavy atom. The Morgan fingerprint density at radius 1 is 1.21 bits per heavy atom. The molecular formula is C17H26O2. The second-order valence-corrected chi connectivity index (χ2v) is 6.22. The monoisotopic (exact) mass is 262 g/mol. The van der Waals surface area contributed by atoms with E-state index in [-0.39, 0.29) is 5.60 Å². The summed E-state index contributed by atoms with van der Waals surface area (Å²) in [6.45, 7) is 9.21. The number of aliphatic hydroxyl groups is 1. The first kappa shape index (κ1) is 14.5. The Balaban J connectivity index is 2.16. The molecule has 1 heterocycles. The molecule has 106 valence electrons. The lowest BCUT2D eigenvalue weighted by molar-refractivity contribution is -0.135. The van der Waals surface area contributed by atoms with E-state index in [4.69, 9.17) is 4.74 Å². The summed E-state index contributed by atoms with van der Waals surface area (Å²) in [5.74, 6) is 0. The Morgan fingerprint density at radius 3 is 2.37 bits per heavy atom. The third kappa shape index (κ3) is 3.18. The summed E-state index contributed by atoms with van der Waals surface area (Å²) in [5, 5.41) is 10.6. The van der Waals surface area contributed by atoms with Crippen LogP contribution in [-0.4, -0.2) is 23.4 Å². The lowest BCUT2D eigenvalue weighted by Gasteiger charge is -2.38. The molecule has 1 fully saturated rings. The van der Waals surface area contributed by atoms with Crippen molar-refractivity contribution in [2.24, 2.45) is 0 Å². The molecule has 1 aliphatic heterocycles. The molecule has 0 aromatic heterocycles. The third-order valence-corrected chi connectivity index (χ3v) is 4.44. The molecular weight excluding hydrogens is 236 g/mol. The lowest BCUT2D eigenvalue weighted by Crippen LogP contribution is -2.45. The van der Waals surface area contributed by atoms with Crippen LogP contribution >= 0.6 is 0 Å². The summed E-state index contributed by atoms with van der Waals surface area (Å²) in [6.07, 6.45) is 3.49. The molecule has 1 saturated heterocycles. The molecule has 0 aliphatic carbocycles. The van der Waals surface area contributed by atoms with Gasteiger partial charge in [-0.25, -0.2) is 0 Å². The van der Waals surface area contributed by atoms with Gasteiger partial charge >= 0.3 is 0 Å². The molecule has 2 rings (SSSR count). The number of hydrogen-bond acceptors (Lipinski definition) is 2. The summed E-state index contributed by atoms with van der Waals surface area (Å²) >= 11 is 0. The maximum absolute atomic E-state index is 10.6. The van der Waals surface area contributed by atoms with E-state index < -0.39 is 6.10 Å². The lowest BCUT2D eigenvalue weighted by atomic mass is 9.84. The predicted octanol–water partition coefficient (Wildman–Crippen LogP) is 3.47. The Labute approximate surface area is 116 Å². The zero-order chi connectivity index (χ0) is 14.0. The molecule has 0 radical (unpaired) electrons. The highest BCUT2D eigenvalue weighted by Gasteiger charge is 2.36. The fraction of sp³-hybridized carbons (Fsp3) is 0.647. The molecule has 2 heteroatoms. The minimum Gasteiger partial charge on any atom is -0.390 e. The van der Waals surface area contributed by atoms with Gasteiger partial charge in [-0.15, -0.1) is 0 Å². The average Bonchev–Trinajstić information content (AvgIpc) is 2.34. The summed E-state index contributed by atoms with van der Waals surface area (Å²) in [4.78, 5) is 0. The Kier molecular flexibility index (Phi) is 4.32. The topological polar surface area (TPSA) is 29.5 Å². The van der Waals surface area contributed by atoms with E-state index >= 15 is 0 Å². The molecule has 0 bridgehead atoms. The van der Waals surface area contributed by atoms with Crippen LogP contribution in [0.25, 0.3) is 0 Å². The van der Waals surface area contributed by atoms with Crippen molar-refractivity contribution in [3.05, 3.63) is 34.4 Å². The van der Waals surface area contributed by atoms with Crippen LogP contribution in [0.4, 0.5) is 0 Å². The average molecular weight is 262 g/mol. The quantitative estimate of drug-likeness (QED) is 0.903. The summed E-state index contributed by atoms with van der Waals surface area (Å²) in [7, 11) is 0. The summed E-state index contributed by atoms with van der Waals surface area (Å²) < 4.78 is 5.85. The van der Waals surface area contributed by atoms with Gasteiger partial charge in [-0.05, 0) is 63.6 Å². The van der Waals surface area contributed by atoms with Crippen molar-refractivity contribution < 1.29 is 9.84 Å². The van der Waals surface area contributed by atoms with Gasteiger partial charge in [0, 0.05) is 13.0 Å². The first-order valence-electron chi connectivity index (χ1n) is 7.31. The highest BCUT2D eigenvalue weighted by Crippen LogP contribution is 2.30. The van der Waals surface area contributed by atoms with Gasteiger partial charge in [0.2, 0.25) is 0 Å². The second-order valence-electron chi connectivity index (χ2n) is 6.22. The van der Waals surface area contributed by atoms with Crippen LogP contribution in [0.1, 0.15) is 48.4 Å². The number of rotatable bonds is 3. The minimum absolute atomic E-state index is 0.373. The Hall–Kier alpha value is -0.860. The first-order valence-corrected chi connectivity index (χ1v) is 7.31. The molecule has 1 aromatic rings. The van der Waals surface area contributed by atoms with Gasteiger partial charge in [-0.1, -0.05) is 17.7 Å². The van der Waals surface area contributed by atoms with Crippen molar-refractivity contribution >= 4 is 0 Å². The van der Waals surface area contributed by atoms with E-state index in [0.717, 1.165) is 25.9 Å². The maximum Gasteiger partial charge on any atom is 0.0915 e. The van der Waals surface area contributed by atoms with Gasteiger partial charge in [0.15, 0.2) is 0 Å². The standard InChI is InChI=1S/C17H26O2/c1-12-9-13(2)15(14(3)10-12)11-16(18)17(4)7-5-6-8-19-17/h9-10,16,18H,5-8,11H2,1-4H3. The SMILES string of the molecule is Cc1cc(C)c(CC(O)C2(C)CCCCO2)c(C)c1. The van der Waals surface area contributed by atoms with Crippen LogP contribution in [0.3, 0.4) is 0 Å². The van der Waals surface area contributed by atoms with Gasteiger partial charge in [0.05, 0.1) is 11.7 Å². The van der Waals surface area contributed by atoms with Crippen molar-refractivity contribution in [2.45, 2.75) is 65.1 Å². The van der Waals surface area contributed by atoms with Crippen LogP contribution in [0.2, 0.25) is 0 Å². The molecule has 1 aliphatic rings. The molecule has 2 nitrogen and oxygen atoms in total. The Bertz CT molecular complexity index is 422. The zero-order valence-corrected chi connectivity index (χ0v) is 12.6. The van der Waals surface area contributed by atoms with Crippen LogP contribution < -0.4 is 0 Å². The van der Waals surface area contributed by atoms with Gasteiger partial charge in [-0.2, -0.15) is 0 Å². The number of hydrogen-bond donors (Lipinski definition) is 1. The molecule has 2 unspecified atom stereocenters. The van der Waals surface area contributed by atoms with Crippen LogP contribution in [0, 0.1) is 20.8 Å². The highest BCUT2D eigenvalue weighted by atomic mass is 16.5. The fourth-order valence-electron chi connectivity index (χ4n) is 3.16. The van der Waals surface area contributed by atoms with Crippen molar-refractivity contribution in [3.63, 3.8) is 0 Å². The van der Waals surface area contributed by atoms with Gasteiger partial charge in [0.25, 0.3) is 0 Å². The van der Waals surface area contributed by atoms with Gasteiger partial charge < -0.3 is 9.84 Å². The molecule has 2 atom stereocenters. The smallest absolute Gasteiger partial charge is 0.0915 e. The number of aryl methyl sites for hydroxylation is 3. The molecule has 19 heavy (non-hydrogen) atoms. The van der Waals surface area contributed by atoms with E-state index in [1.165, 1.54) is 22.3 Å². The number of aliphatic hydroxyl groups excluding tert-OH is 1. The van der Waals surface area contributed by atoms with E-state index in [9.17, 15) is 5.11 Å². The normalized spacial score (nSPS) is 25.3. The van der Waals surface area contributed by atoms with E-state index in [1.54, 1.807) is 0 Å². The van der Waals surface area contributed by atoms with Gasteiger partial charge in [0.1, 0.15) is 0 Å². The molecule has 1 aromatic carbocycles.